The lowest BCUT2D eigenvalue weighted by Gasteiger charge is -2.21. The summed E-state index contributed by atoms with van der Waals surface area (Å²) in [5, 5.41) is 4.87. The Morgan fingerprint density at radius 1 is 0.433 bits per heavy atom. The van der Waals surface area contributed by atoms with E-state index >= 15 is 0 Å². The smallest absolute Gasteiger partial charge is 0.0712 e. The average Bonchev–Trinajstić information content (AvgIpc) is 2.80. The van der Waals surface area contributed by atoms with Gasteiger partial charge in [-0.25, -0.2) is 9.97 Å². The van der Waals surface area contributed by atoms with Crippen LogP contribution in [0.4, 0.5) is 0 Å². The molecule has 6 aromatic rings. The molecule has 0 bridgehead atoms. The molecule has 142 valence electrons. The Labute approximate surface area is 174 Å². The van der Waals surface area contributed by atoms with E-state index in [1.807, 2.05) is 0 Å². The molecule has 0 spiro atoms. The zero-order chi connectivity index (χ0) is 20.1. The van der Waals surface area contributed by atoms with E-state index in [9.17, 15) is 0 Å². The second-order valence-corrected chi connectivity index (χ2v) is 7.84. The fraction of sp³-hybridized carbons (Fsp3) is 0.0714. The van der Waals surface area contributed by atoms with E-state index < -0.39 is 0 Å². The van der Waals surface area contributed by atoms with E-state index in [1.54, 1.807) is 0 Å². The lowest BCUT2D eigenvalue weighted by molar-refractivity contribution is 0.962. The first-order valence-electron chi connectivity index (χ1n) is 10.4. The molecule has 0 radical (unpaired) electrons. The Balaban J connectivity index is 1.78. The summed E-state index contributed by atoms with van der Waals surface area (Å²) >= 11 is 0. The second-order valence-electron chi connectivity index (χ2n) is 7.84. The predicted molar refractivity (Wildman–Crippen MR) is 126 cm³/mol. The van der Waals surface area contributed by atoms with Crippen LogP contribution in [0.5, 0.6) is 0 Å². The molecule has 30 heavy (non-hydrogen) atoms. The summed E-state index contributed by atoms with van der Waals surface area (Å²) in [4.78, 5) is 9.85. The van der Waals surface area contributed by atoms with E-state index in [2.05, 4.69) is 104 Å². The van der Waals surface area contributed by atoms with Gasteiger partial charge in [-0.3, -0.25) is 0 Å². The molecule has 2 heterocycles. The Kier molecular flexibility index (Phi) is 3.78. The first-order valence-corrected chi connectivity index (χ1v) is 10.4. The molecule has 6 rings (SSSR count). The average molecular weight is 384 g/mol. The molecule has 0 N–H and O–H groups in total. The summed E-state index contributed by atoms with van der Waals surface area (Å²) in [6.07, 6.45) is 0. The van der Waals surface area contributed by atoms with Gasteiger partial charge < -0.3 is 0 Å². The summed E-state index contributed by atoms with van der Waals surface area (Å²) in [6, 6.07) is 33.9. The number of hydrogen-bond acceptors (Lipinski definition) is 2. The highest BCUT2D eigenvalue weighted by Crippen LogP contribution is 2.40. The van der Waals surface area contributed by atoms with Crippen molar-refractivity contribution in [3.63, 3.8) is 0 Å². The molecule has 2 aromatic heterocycles. The standard InChI is InChI=1S/C28H20N2/c1-18(27-19-10-2-6-14-23(19)29-24-15-7-3-11-20(24)27)28-21-12-4-8-16-25(21)30-26-17-9-5-13-22(26)28/h2-18H,1H3. The highest BCUT2D eigenvalue weighted by atomic mass is 14.7. The minimum Gasteiger partial charge on any atom is -0.248 e. The first-order chi connectivity index (χ1) is 14.8. The second kappa shape index (κ2) is 6.64. The molecule has 0 unspecified atom stereocenters. The van der Waals surface area contributed by atoms with E-state index in [0.29, 0.717) is 0 Å². The highest BCUT2D eigenvalue weighted by Gasteiger charge is 2.21. The van der Waals surface area contributed by atoms with Gasteiger partial charge >= 0.3 is 0 Å². The predicted octanol–water partition coefficient (Wildman–Crippen LogP) is 7.24. The SMILES string of the molecule is CC(c1c2ccccc2nc2ccccc12)c1c2ccccc2nc2ccccc12. The maximum absolute atomic E-state index is 4.93. The molecule has 2 nitrogen and oxygen atoms in total. The summed E-state index contributed by atoms with van der Waals surface area (Å²) in [6.45, 7) is 2.32. The van der Waals surface area contributed by atoms with Crippen LogP contribution in [-0.4, -0.2) is 9.97 Å². The number of hydrogen-bond donors (Lipinski definition) is 0. The van der Waals surface area contributed by atoms with Crippen molar-refractivity contribution in [3.8, 4) is 0 Å². The molecular weight excluding hydrogens is 364 g/mol. The van der Waals surface area contributed by atoms with E-state index in [4.69, 9.17) is 9.97 Å². The van der Waals surface area contributed by atoms with Crippen LogP contribution >= 0.6 is 0 Å². The lowest BCUT2D eigenvalue weighted by Crippen LogP contribution is -2.03. The number of nitrogens with zero attached hydrogens (tertiary/aromatic N) is 2. The minimum atomic E-state index is 0.181. The minimum absolute atomic E-state index is 0.181. The van der Waals surface area contributed by atoms with Crippen molar-refractivity contribution in [3.05, 3.63) is 108 Å². The summed E-state index contributed by atoms with van der Waals surface area (Å²) in [7, 11) is 0. The van der Waals surface area contributed by atoms with Crippen molar-refractivity contribution in [1.82, 2.24) is 9.97 Å². The van der Waals surface area contributed by atoms with E-state index in [0.717, 1.165) is 22.1 Å². The van der Waals surface area contributed by atoms with Gasteiger partial charge in [0.15, 0.2) is 0 Å². The molecule has 0 saturated heterocycles. The van der Waals surface area contributed by atoms with Crippen molar-refractivity contribution >= 4 is 43.6 Å². The molecular formula is C28H20N2. The Morgan fingerprint density at radius 2 is 0.700 bits per heavy atom. The van der Waals surface area contributed by atoms with Gasteiger partial charge in [0.2, 0.25) is 0 Å². The largest absolute Gasteiger partial charge is 0.248 e. The van der Waals surface area contributed by atoms with Gasteiger partial charge in [-0.1, -0.05) is 79.7 Å². The molecule has 0 aliphatic heterocycles. The Morgan fingerprint density at radius 3 is 1.00 bits per heavy atom. The third-order valence-electron chi connectivity index (χ3n) is 6.12. The van der Waals surface area contributed by atoms with Crippen LogP contribution in [0.1, 0.15) is 24.0 Å². The first kappa shape index (κ1) is 17.1. The third kappa shape index (κ3) is 2.50. The topological polar surface area (TPSA) is 25.8 Å². The van der Waals surface area contributed by atoms with Crippen LogP contribution in [-0.2, 0) is 0 Å². The number of aromatic nitrogens is 2. The van der Waals surface area contributed by atoms with Gasteiger partial charge in [-0.15, -0.1) is 0 Å². The number of rotatable bonds is 2. The fourth-order valence-corrected chi connectivity index (χ4v) is 4.82. The van der Waals surface area contributed by atoms with Crippen molar-refractivity contribution in [2.45, 2.75) is 12.8 Å². The maximum atomic E-state index is 4.93. The highest BCUT2D eigenvalue weighted by molar-refractivity contribution is 6.02. The van der Waals surface area contributed by atoms with Crippen molar-refractivity contribution in [2.75, 3.05) is 0 Å². The van der Waals surface area contributed by atoms with Crippen LogP contribution in [0.25, 0.3) is 43.6 Å². The molecule has 0 aliphatic rings. The monoisotopic (exact) mass is 384 g/mol. The summed E-state index contributed by atoms with van der Waals surface area (Å²) in [5.74, 6) is 0.181. The fourth-order valence-electron chi connectivity index (χ4n) is 4.82. The van der Waals surface area contributed by atoms with Crippen LogP contribution in [0.2, 0.25) is 0 Å². The Bertz CT molecular complexity index is 1340. The molecule has 0 atom stereocenters. The molecule has 0 aliphatic carbocycles. The Hall–Kier alpha value is -3.78. The zero-order valence-electron chi connectivity index (χ0n) is 16.7. The number of fused-ring (bicyclic) bond motifs is 4. The van der Waals surface area contributed by atoms with Crippen LogP contribution < -0.4 is 0 Å². The van der Waals surface area contributed by atoms with Crippen LogP contribution in [0.3, 0.4) is 0 Å². The van der Waals surface area contributed by atoms with Gasteiger partial charge in [-0.05, 0) is 35.4 Å². The van der Waals surface area contributed by atoms with Crippen LogP contribution in [0, 0.1) is 0 Å². The molecule has 2 heteroatoms. The van der Waals surface area contributed by atoms with Gasteiger partial charge in [0.1, 0.15) is 0 Å². The quantitative estimate of drug-likeness (QED) is 0.294. The van der Waals surface area contributed by atoms with Gasteiger partial charge in [0.05, 0.1) is 22.1 Å². The van der Waals surface area contributed by atoms with Crippen LogP contribution in [0.15, 0.2) is 97.1 Å². The molecule has 0 fully saturated rings. The van der Waals surface area contributed by atoms with Crippen molar-refractivity contribution in [2.24, 2.45) is 0 Å². The molecule has 4 aromatic carbocycles. The molecule has 0 saturated carbocycles. The summed E-state index contributed by atoms with van der Waals surface area (Å²) in [5.41, 5.74) is 6.83. The van der Waals surface area contributed by atoms with Gasteiger partial charge in [-0.2, -0.15) is 0 Å². The third-order valence-corrected chi connectivity index (χ3v) is 6.12. The number of benzene rings is 4. The van der Waals surface area contributed by atoms with E-state index in [1.165, 1.54) is 32.7 Å². The zero-order valence-corrected chi connectivity index (χ0v) is 16.7. The lowest BCUT2D eigenvalue weighted by atomic mass is 9.84. The van der Waals surface area contributed by atoms with Crippen molar-refractivity contribution in [1.29, 1.82) is 0 Å². The van der Waals surface area contributed by atoms with E-state index in [-0.39, 0.29) is 5.92 Å². The van der Waals surface area contributed by atoms with Gasteiger partial charge in [0, 0.05) is 27.5 Å². The van der Waals surface area contributed by atoms with Crippen molar-refractivity contribution < 1.29 is 0 Å². The number of para-hydroxylation sites is 4. The summed E-state index contributed by atoms with van der Waals surface area (Å²) < 4.78 is 0. The maximum Gasteiger partial charge on any atom is 0.0712 e. The molecule has 0 amide bonds. The normalized spacial score (nSPS) is 11.8. The van der Waals surface area contributed by atoms with Gasteiger partial charge in [0.25, 0.3) is 0 Å². The number of pyridine rings is 2.